The predicted octanol–water partition coefficient (Wildman–Crippen LogP) is 1.31. The summed E-state index contributed by atoms with van der Waals surface area (Å²) in [6.45, 7) is 8.77. The Bertz CT molecular complexity index is 299. The number of carbonyl (C=O) groups excluding carboxylic acids is 1. The lowest BCUT2D eigenvalue weighted by atomic mass is 9.65. The van der Waals surface area contributed by atoms with E-state index in [0.717, 1.165) is 19.3 Å². The Hall–Kier alpha value is -0.570. The second kappa shape index (κ2) is 2.76. The highest BCUT2D eigenvalue weighted by Crippen LogP contribution is 2.71. The van der Waals surface area contributed by atoms with E-state index in [0.29, 0.717) is 0 Å². The molecule has 0 aromatic rings. The van der Waals surface area contributed by atoms with E-state index < -0.39 is 6.10 Å². The van der Waals surface area contributed by atoms with Gasteiger partial charge >= 0.3 is 0 Å². The van der Waals surface area contributed by atoms with Crippen molar-refractivity contribution >= 4 is 6.41 Å². The van der Waals surface area contributed by atoms with Crippen LogP contribution < -0.4 is 5.32 Å². The molecular formula is C12H21NO2. The van der Waals surface area contributed by atoms with Crippen molar-refractivity contribution in [2.75, 3.05) is 0 Å². The first-order valence-corrected chi connectivity index (χ1v) is 5.69. The Morgan fingerprint density at radius 2 is 1.73 bits per heavy atom. The van der Waals surface area contributed by atoms with Crippen LogP contribution in [0.3, 0.4) is 0 Å². The number of aliphatic hydroxyl groups is 1. The Labute approximate surface area is 91.2 Å². The van der Waals surface area contributed by atoms with Gasteiger partial charge in [-0.15, -0.1) is 0 Å². The van der Waals surface area contributed by atoms with Gasteiger partial charge < -0.3 is 10.4 Å². The summed E-state index contributed by atoms with van der Waals surface area (Å²) >= 11 is 0. The molecule has 2 bridgehead atoms. The molecule has 0 saturated heterocycles. The zero-order valence-electron chi connectivity index (χ0n) is 10.0. The second-order valence-corrected chi connectivity index (χ2v) is 6.17. The molecule has 0 heterocycles. The first-order valence-electron chi connectivity index (χ1n) is 5.69. The third-order valence-electron chi connectivity index (χ3n) is 5.92. The Morgan fingerprint density at radius 1 is 1.20 bits per heavy atom. The molecule has 2 saturated carbocycles. The Balaban J connectivity index is 2.46. The van der Waals surface area contributed by atoms with E-state index in [4.69, 9.17) is 0 Å². The summed E-state index contributed by atoms with van der Waals surface area (Å²) in [5, 5.41) is 13.2. The van der Waals surface area contributed by atoms with Crippen molar-refractivity contribution in [2.24, 2.45) is 16.2 Å². The average molecular weight is 211 g/mol. The van der Waals surface area contributed by atoms with Crippen molar-refractivity contribution in [1.82, 2.24) is 5.32 Å². The summed E-state index contributed by atoms with van der Waals surface area (Å²) in [6, 6.07) is -0.0938. The van der Waals surface area contributed by atoms with E-state index >= 15 is 0 Å². The third-order valence-corrected chi connectivity index (χ3v) is 5.92. The van der Waals surface area contributed by atoms with Crippen LogP contribution in [0, 0.1) is 16.2 Å². The van der Waals surface area contributed by atoms with Crippen molar-refractivity contribution in [3.63, 3.8) is 0 Å². The molecule has 4 unspecified atom stereocenters. The van der Waals surface area contributed by atoms with Crippen LogP contribution in [-0.2, 0) is 4.79 Å². The van der Waals surface area contributed by atoms with E-state index in [1.807, 2.05) is 0 Å². The lowest BCUT2D eigenvalue weighted by molar-refractivity contribution is -0.112. The van der Waals surface area contributed by atoms with Gasteiger partial charge in [0.2, 0.25) is 6.41 Å². The summed E-state index contributed by atoms with van der Waals surface area (Å²) < 4.78 is 0. The van der Waals surface area contributed by atoms with Crippen molar-refractivity contribution in [1.29, 1.82) is 0 Å². The highest BCUT2D eigenvalue weighted by Gasteiger charge is 2.71. The van der Waals surface area contributed by atoms with Crippen LogP contribution in [0.1, 0.15) is 40.5 Å². The predicted molar refractivity (Wildman–Crippen MR) is 58.2 cm³/mol. The molecule has 0 aromatic carbocycles. The van der Waals surface area contributed by atoms with E-state index in [2.05, 4.69) is 33.0 Å². The molecular weight excluding hydrogens is 190 g/mol. The molecule has 2 fully saturated rings. The lowest BCUT2D eigenvalue weighted by Gasteiger charge is -2.39. The maximum atomic E-state index is 10.6. The minimum absolute atomic E-state index is 0.0159. The van der Waals surface area contributed by atoms with Crippen LogP contribution in [0.2, 0.25) is 0 Å². The normalized spacial score (nSPS) is 51.8. The molecule has 2 N–H and O–H groups in total. The van der Waals surface area contributed by atoms with Gasteiger partial charge in [-0.3, -0.25) is 4.79 Å². The molecule has 2 aliphatic rings. The molecule has 2 aliphatic carbocycles. The number of carbonyl (C=O) groups is 1. The van der Waals surface area contributed by atoms with Crippen LogP contribution in [0.5, 0.6) is 0 Å². The number of hydrogen-bond donors (Lipinski definition) is 2. The standard InChI is InChI=1S/C12H21NO2/c1-10(2)11(3)5-6-12(10,4)9(15)8(11)13-7-14/h7-9,15H,5-6H2,1-4H3,(H,13,14). The second-order valence-electron chi connectivity index (χ2n) is 6.17. The zero-order valence-corrected chi connectivity index (χ0v) is 10.0. The lowest BCUT2D eigenvalue weighted by Crippen LogP contribution is -2.50. The third kappa shape index (κ3) is 0.930. The summed E-state index contributed by atoms with van der Waals surface area (Å²) in [5.74, 6) is 0. The monoisotopic (exact) mass is 211 g/mol. The smallest absolute Gasteiger partial charge is 0.207 e. The molecule has 1 amide bonds. The molecule has 0 aromatic heterocycles. The van der Waals surface area contributed by atoms with Gasteiger partial charge in [0.15, 0.2) is 0 Å². The minimum atomic E-state index is -0.420. The van der Waals surface area contributed by atoms with Crippen LogP contribution in [-0.4, -0.2) is 23.7 Å². The van der Waals surface area contributed by atoms with E-state index in [1.54, 1.807) is 0 Å². The molecule has 0 spiro atoms. The van der Waals surface area contributed by atoms with Crippen LogP contribution in [0.15, 0.2) is 0 Å². The highest BCUT2D eigenvalue weighted by molar-refractivity contribution is 5.48. The molecule has 0 aliphatic heterocycles. The largest absolute Gasteiger partial charge is 0.390 e. The maximum Gasteiger partial charge on any atom is 0.207 e. The summed E-state index contributed by atoms with van der Waals surface area (Å²) in [4.78, 5) is 10.6. The average Bonchev–Trinajstić information content (AvgIpc) is 2.40. The van der Waals surface area contributed by atoms with Crippen LogP contribution >= 0.6 is 0 Å². The van der Waals surface area contributed by atoms with E-state index in [9.17, 15) is 9.90 Å². The fourth-order valence-corrected chi connectivity index (χ4v) is 3.92. The number of fused-ring (bicyclic) bond motifs is 2. The molecule has 2 rings (SSSR count). The number of nitrogens with one attached hydrogen (secondary N) is 1. The van der Waals surface area contributed by atoms with Gasteiger partial charge in [0.25, 0.3) is 0 Å². The first kappa shape index (κ1) is 10.9. The number of rotatable bonds is 2. The SMILES string of the molecule is CC12CCC(C)(C(NC=O)C1O)C2(C)C. The fraction of sp³-hybridized carbons (Fsp3) is 0.917. The van der Waals surface area contributed by atoms with Crippen molar-refractivity contribution in [3.8, 4) is 0 Å². The van der Waals surface area contributed by atoms with Gasteiger partial charge in [0, 0.05) is 5.41 Å². The zero-order chi connectivity index (χ0) is 11.5. The molecule has 3 heteroatoms. The molecule has 86 valence electrons. The van der Waals surface area contributed by atoms with Crippen LogP contribution in [0.4, 0.5) is 0 Å². The summed E-state index contributed by atoms with van der Waals surface area (Å²) in [7, 11) is 0. The first-order chi connectivity index (χ1) is 6.81. The molecule has 3 nitrogen and oxygen atoms in total. The summed E-state index contributed by atoms with van der Waals surface area (Å²) in [6.07, 6.45) is 2.43. The van der Waals surface area contributed by atoms with E-state index in [-0.39, 0.29) is 22.3 Å². The van der Waals surface area contributed by atoms with Crippen molar-refractivity contribution in [2.45, 2.75) is 52.7 Å². The van der Waals surface area contributed by atoms with Gasteiger partial charge in [-0.05, 0) is 23.7 Å². The highest BCUT2D eigenvalue weighted by atomic mass is 16.3. The molecule has 15 heavy (non-hydrogen) atoms. The number of hydrogen-bond acceptors (Lipinski definition) is 2. The molecule has 0 radical (unpaired) electrons. The maximum absolute atomic E-state index is 10.6. The van der Waals surface area contributed by atoms with Crippen molar-refractivity contribution < 1.29 is 9.90 Å². The Kier molecular flexibility index (Phi) is 2.01. The van der Waals surface area contributed by atoms with Gasteiger partial charge in [0.1, 0.15) is 0 Å². The van der Waals surface area contributed by atoms with Gasteiger partial charge in [-0.2, -0.15) is 0 Å². The van der Waals surface area contributed by atoms with E-state index in [1.165, 1.54) is 0 Å². The summed E-state index contributed by atoms with van der Waals surface area (Å²) in [5.41, 5.74) is 0.0184. The van der Waals surface area contributed by atoms with Crippen molar-refractivity contribution in [3.05, 3.63) is 0 Å². The van der Waals surface area contributed by atoms with Gasteiger partial charge in [0.05, 0.1) is 12.1 Å². The molecule has 4 atom stereocenters. The Morgan fingerprint density at radius 3 is 2.13 bits per heavy atom. The van der Waals surface area contributed by atoms with Gasteiger partial charge in [-0.1, -0.05) is 27.7 Å². The number of aliphatic hydroxyl groups excluding tert-OH is 1. The van der Waals surface area contributed by atoms with Gasteiger partial charge in [-0.25, -0.2) is 0 Å². The number of amides is 1. The minimum Gasteiger partial charge on any atom is -0.390 e. The van der Waals surface area contributed by atoms with Crippen LogP contribution in [0.25, 0.3) is 0 Å². The topological polar surface area (TPSA) is 49.3 Å². The fourth-order valence-electron chi connectivity index (χ4n) is 3.92. The quantitative estimate of drug-likeness (QED) is 0.677.